The minimum atomic E-state index is 0.464. The molecule has 2 N–H and O–H groups in total. The van der Waals surface area contributed by atoms with Gasteiger partial charge in [-0.05, 0) is 31.0 Å². The largest absolute Gasteiger partial charge is 0.468 e. The van der Waals surface area contributed by atoms with Crippen molar-refractivity contribution >= 4 is 5.69 Å². The quantitative estimate of drug-likeness (QED) is 0.899. The Morgan fingerprint density at radius 3 is 3.00 bits per heavy atom. The number of benzene rings is 1. The second-order valence-electron chi connectivity index (χ2n) is 4.88. The number of furan rings is 1. The summed E-state index contributed by atoms with van der Waals surface area (Å²) in [6, 6.07) is 11.2. The monoisotopic (exact) mass is 242 g/mol. The van der Waals surface area contributed by atoms with Crippen LogP contribution in [0.4, 0.5) is 5.69 Å². The van der Waals surface area contributed by atoms with Crippen molar-refractivity contribution in [1.29, 1.82) is 0 Å². The van der Waals surface area contributed by atoms with Gasteiger partial charge in [-0.1, -0.05) is 18.2 Å². The molecule has 3 heteroatoms. The number of para-hydroxylation sites is 1. The minimum absolute atomic E-state index is 0.464. The molecule has 94 valence electrons. The van der Waals surface area contributed by atoms with Crippen LogP contribution in [-0.2, 0) is 19.5 Å². The number of rotatable bonds is 3. The van der Waals surface area contributed by atoms with Crippen molar-refractivity contribution in [2.75, 3.05) is 4.90 Å². The number of hydrogen-bond acceptors (Lipinski definition) is 3. The van der Waals surface area contributed by atoms with Gasteiger partial charge in [-0.2, -0.15) is 0 Å². The van der Waals surface area contributed by atoms with Crippen LogP contribution in [0.3, 0.4) is 0 Å². The normalized spacial score (nSPS) is 18.1. The molecule has 1 aromatic carbocycles. The van der Waals surface area contributed by atoms with Crippen molar-refractivity contribution in [2.24, 2.45) is 5.73 Å². The number of hydrogen-bond donors (Lipinski definition) is 1. The summed E-state index contributed by atoms with van der Waals surface area (Å²) in [6.45, 7) is 3.61. The van der Waals surface area contributed by atoms with Gasteiger partial charge in [0, 0.05) is 23.8 Å². The molecular formula is C15H18N2O. The van der Waals surface area contributed by atoms with Gasteiger partial charge in [0.25, 0.3) is 0 Å². The highest BCUT2D eigenvalue weighted by atomic mass is 16.3. The van der Waals surface area contributed by atoms with E-state index < -0.39 is 0 Å². The molecule has 1 aromatic heterocycles. The summed E-state index contributed by atoms with van der Waals surface area (Å²) in [7, 11) is 0. The van der Waals surface area contributed by atoms with Crippen LogP contribution >= 0.6 is 0 Å². The highest BCUT2D eigenvalue weighted by molar-refractivity contribution is 5.59. The van der Waals surface area contributed by atoms with E-state index in [-0.39, 0.29) is 0 Å². The molecule has 0 saturated heterocycles. The van der Waals surface area contributed by atoms with Gasteiger partial charge in [0.1, 0.15) is 5.76 Å². The molecule has 2 heterocycles. The molecule has 0 saturated carbocycles. The summed E-state index contributed by atoms with van der Waals surface area (Å²) in [5.41, 5.74) is 9.66. The molecule has 18 heavy (non-hydrogen) atoms. The average molecular weight is 242 g/mol. The number of anilines is 1. The molecule has 0 radical (unpaired) electrons. The third kappa shape index (κ3) is 1.81. The third-order valence-corrected chi connectivity index (χ3v) is 3.71. The average Bonchev–Trinajstić information content (AvgIpc) is 2.95. The van der Waals surface area contributed by atoms with Crippen molar-refractivity contribution in [3.8, 4) is 0 Å². The maximum atomic E-state index is 5.69. The van der Waals surface area contributed by atoms with Crippen LogP contribution < -0.4 is 10.6 Å². The van der Waals surface area contributed by atoms with Crippen molar-refractivity contribution in [1.82, 2.24) is 0 Å². The molecule has 1 unspecified atom stereocenters. The lowest BCUT2D eigenvalue weighted by molar-refractivity contribution is 0.505. The lowest BCUT2D eigenvalue weighted by Crippen LogP contribution is -2.28. The van der Waals surface area contributed by atoms with Crippen LogP contribution in [0.1, 0.15) is 23.8 Å². The van der Waals surface area contributed by atoms with Crippen molar-refractivity contribution in [3.05, 3.63) is 53.5 Å². The smallest absolute Gasteiger partial charge is 0.122 e. The van der Waals surface area contributed by atoms with Gasteiger partial charge in [0.15, 0.2) is 0 Å². The number of nitrogens with two attached hydrogens (primary N) is 1. The second kappa shape index (κ2) is 4.50. The van der Waals surface area contributed by atoms with Gasteiger partial charge < -0.3 is 15.1 Å². The van der Waals surface area contributed by atoms with E-state index in [0.717, 1.165) is 18.7 Å². The Morgan fingerprint density at radius 1 is 1.33 bits per heavy atom. The van der Waals surface area contributed by atoms with E-state index in [1.54, 1.807) is 6.26 Å². The first-order valence-electron chi connectivity index (χ1n) is 6.39. The van der Waals surface area contributed by atoms with Gasteiger partial charge in [-0.25, -0.2) is 0 Å². The minimum Gasteiger partial charge on any atom is -0.468 e. The Labute approximate surface area is 107 Å². The Balaban J connectivity index is 1.89. The van der Waals surface area contributed by atoms with Gasteiger partial charge in [-0.3, -0.25) is 0 Å². The first-order chi connectivity index (χ1) is 8.79. The van der Waals surface area contributed by atoms with Crippen molar-refractivity contribution < 1.29 is 4.42 Å². The zero-order valence-electron chi connectivity index (χ0n) is 10.6. The van der Waals surface area contributed by atoms with E-state index in [1.165, 1.54) is 16.8 Å². The first kappa shape index (κ1) is 11.4. The zero-order chi connectivity index (χ0) is 12.5. The summed E-state index contributed by atoms with van der Waals surface area (Å²) < 4.78 is 5.40. The topological polar surface area (TPSA) is 42.4 Å². The van der Waals surface area contributed by atoms with Crippen LogP contribution in [0.5, 0.6) is 0 Å². The first-order valence-corrected chi connectivity index (χ1v) is 6.39. The highest BCUT2D eigenvalue weighted by Crippen LogP contribution is 2.33. The lowest BCUT2D eigenvalue weighted by atomic mass is 10.1. The van der Waals surface area contributed by atoms with Crippen molar-refractivity contribution in [2.45, 2.75) is 32.5 Å². The van der Waals surface area contributed by atoms with E-state index in [4.69, 9.17) is 10.2 Å². The maximum absolute atomic E-state index is 5.69. The van der Waals surface area contributed by atoms with Crippen LogP contribution in [0.25, 0.3) is 0 Å². The van der Waals surface area contributed by atoms with Gasteiger partial charge in [0.05, 0.1) is 12.8 Å². The fourth-order valence-corrected chi connectivity index (χ4v) is 2.74. The van der Waals surface area contributed by atoms with Crippen LogP contribution in [0.15, 0.2) is 41.0 Å². The fraction of sp³-hybridized carbons (Fsp3) is 0.333. The van der Waals surface area contributed by atoms with Crippen LogP contribution in [0.2, 0.25) is 0 Å². The third-order valence-electron chi connectivity index (χ3n) is 3.71. The Kier molecular flexibility index (Phi) is 2.84. The summed E-state index contributed by atoms with van der Waals surface area (Å²) in [5.74, 6) is 0.895. The van der Waals surface area contributed by atoms with E-state index in [1.807, 2.05) is 6.07 Å². The molecule has 0 spiro atoms. The van der Waals surface area contributed by atoms with Gasteiger partial charge in [-0.15, -0.1) is 0 Å². The van der Waals surface area contributed by atoms with Crippen LogP contribution in [0, 0.1) is 0 Å². The summed E-state index contributed by atoms with van der Waals surface area (Å²) in [5, 5.41) is 0. The summed E-state index contributed by atoms with van der Waals surface area (Å²) in [4.78, 5) is 2.43. The summed E-state index contributed by atoms with van der Waals surface area (Å²) in [6.07, 6.45) is 2.84. The van der Waals surface area contributed by atoms with Gasteiger partial charge in [0.2, 0.25) is 0 Å². The summed E-state index contributed by atoms with van der Waals surface area (Å²) >= 11 is 0. The zero-order valence-corrected chi connectivity index (χ0v) is 10.6. The fourth-order valence-electron chi connectivity index (χ4n) is 2.74. The predicted molar refractivity (Wildman–Crippen MR) is 72.4 cm³/mol. The van der Waals surface area contributed by atoms with E-state index >= 15 is 0 Å². The van der Waals surface area contributed by atoms with Crippen LogP contribution in [-0.4, -0.2) is 6.04 Å². The standard InChI is InChI=1S/C15H18N2O/c1-11-8-12-4-2-3-5-14(12)17(11)10-13-6-7-18-15(13)9-16/h2-7,11H,8-10,16H2,1H3. The van der Waals surface area contributed by atoms with E-state index in [9.17, 15) is 0 Å². The SMILES string of the molecule is CC1Cc2ccccc2N1Cc1ccoc1CN. The molecule has 0 aliphatic carbocycles. The lowest BCUT2D eigenvalue weighted by Gasteiger charge is -2.24. The molecule has 2 aromatic rings. The molecule has 3 nitrogen and oxygen atoms in total. The Bertz CT molecular complexity index is 547. The molecular weight excluding hydrogens is 224 g/mol. The molecule has 0 bridgehead atoms. The molecule has 3 rings (SSSR count). The van der Waals surface area contributed by atoms with E-state index in [2.05, 4.69) is 36.1 Å². The molecule has 1 atom stereocenters. The predicted octanol–water partition coefficient (Wildman–Crippen LogP) is 2.69. The van der Waals surface area contributed by atoms with Crippen molar-refractivity contribution in [3.63, 3.8) is 0 Å². The molecule has 0 amide bonds. The maximum Gasteiger partial charge on any atom is 0.122 e. The Hall–Kier alpha value is -1.74. The highest BCUT2D eigenvalue weighted by Gasteiger charge is 2.26. The molecule has 0 fully saturated rings. The number of fused-ring (bicyclic) bond motifs is 1. The van der Waals surface area contributed by atoms with E-state index in [0.29, 0.717) is 12.6 Å². The molecule has 1 aliphatic heterocycles. The Morgan fingerprint density at radius 2 is 2.17 bits per heavy atom. The molecule has 1 aliphatic rings. The second-order valence-corrected chi connectivity index (χ2v) is 4.88. The van der Waals surface area contributed by atoms with Gasteiger partial charge >= 0.3 is 0 Å². The number of nitrogens with zero attached hydrogens (tertiary/aromatic N) is 1.